The molecule has 9 heteroatoms. The summed E-state index contributed by atoms with van der Waals surface area (Å²) in [6, 6.07) is 2.21. The van der Waals surface area contributed by atoms with Crippen LogP contribution in [0.3, 0.4) is 0 Å². The van der Waals surface area contributed by atoms with Gasteiger partial charge in [-0.05, 0) is 37.4 Å². The SMILES string of the molecule is COc1cc(C(=O)NCCCCNCCNC2CCCCC2)on1.Cl.Cl. The molecule has 1 aromatic heterocycles. The Kier molecular flexibility index (Phi) is 14.5. The van der Waals surface area contributed by atoms with Crippen LogP contribution in [0.2, 0.25) is 0 Å². The third-order valence-electron chi connectivity index (χ3n) is 4.33. The van der Waals surface area contributed by atoms with Crippen LogP contribution in [0.25, 0.3) is 0 Å². The number of unbranched alkanes of at least 4 members (excludes halogenated alkanes) is 1. The molecule has 1 amide bonds. The van der Waals surface area contributed by atoms with Gasteiger partial charge in [-0.25, -0.2) is 0 Å². The zero-order valence-electron chi connectivity index (χ0n) is 15.4. The van der Waals surface area contributed by atoms with Gasteiger partial charge < -0.3 is 25.2 Å². The Hall–Kier alpha value is -1.02. The number of hydrogen-bond donors (Lipinski definition) is 3. The van der Waals surface area contributed by atoms with Crippen molar-refractivity contribution in [2.75, 3.05) is 33.3 Å². The van der Waals surface area contributed by atoms with E-state index < -0.39 is 0 Å². The zero-order chi connectivity index (χ0) is 17.0. The number of nitrogens with one attached hydrogen (secondary N) is 3. The summed E-state index contributed by atoms with van der Waals surface area (Å²) in [7, 11) is 1.48. The van der Waals surface area contributed by atoms with Gasteiger partial charge in [0.2, 0.25) is 5.76 Å². The van der Waals surface area contributed by atoms with Crippen LogP contribution >= 0.6 is 24.8 Å². The normalized spacial score (nSPS) is 14.2. The maximum Gasteiger partial charge on any atom is 0.290 e. The standard InChI is InChI=1S/C17H30N4O3.2ClH/c1-23-16-13-15(24-21-16)17(22)20-10-6-5-9-18-11-12-19-14-7-3-2-4-8-14;;/h13-14,18-19H,2-12H2,1H3,(H,20,22);2*1H. The molecule has 1 aliphatic rings. The van der Waals surface area contributed by atoms with Gasteiger partial charge in [0.15, 0.2) is 0 Å². The monoisotopic (exact) mass is 410 g/mol. The van der Waals surface area contributed by atoms with E-state index in [9.17, 15) is 4.79 Å². The van der Waals surface area contributed by atoms with Gasteiger partial charge in [-0.3, -0.25) is 4.79 Å². The van der Waals surface area contributed by atoms with Crippen molar-refractivity contribution < 1.29 is 14.1 Å². The molecule has 7 nitrogen and oxygen atoms in total. The van der Waals surface area contributed by atoms with Crippen molar-refractivity contribution in [2.24, 2.45) is 0 Å². The lowest BCUT2D eigenvalue weighted by atomic mass is 9.95. The summed E-state index contributed by atoms with van der Waals surface area (Å²) in [6.45, 7) is 3.64. The van der Waals surface area contributed by atoms with E-state index in [1.165, 1.54) is 45.3 Å². The van der Waals surface area contributed by atoms with Crippen LogP contribution in [-0.4, -0.2) is 50.4 Å². The molecule has 1 saturated carbocycles. The summed E-state index contributed by atoms with van der Waals surface area (Å²) in [5.41, 5.74) is 0. The van der Waals surface area contributed by atoms with Crippen molar-refractivity contribution in [2.45, 2.75) is 51.0 Å². The van der Waals surface area contributed by atoms with Crippen molar-refractivity contribution in [3.63, 3.8) is 0 Å². The highest BCUT2D eigenvalue weighted by atomic mass is 35.5. The molecule has 1 aromatic rings. The Balaban J connectivity index is 0.00000312. The number of nitrogens with zero attached hydrogens (tertiary/aromatic N) is 1. The molecular formula is C17H32Cl2N4O3. The second-order valence-corrected chi connectivity index (χ2v) is 6.24. The van der Waals surface area contributed by atoms with Gasteiger partial charge >= 0.3 is 0 Å². The molecule has 0 spiro atoms. The number of carbonyl (C=O) groups is 1. The average Bonchev–Trinajstić information content (AvgIpc) is 3.10. The molecule has 0 bridgehead atoms. The van der Waals surface area contributed by atoms with Gasteiger partial charge in [0, 0.05) is 25.7 Å². The molecule has 0 aromatic carbocycles. The molecule has 1 aliphatic carbocycles. The third-order valence-corrected chi connectivity index (χ3v) is 4.33. The van der Waals surface area contributed by atoms with E-state index >= 15 is 0 Å². The van der Waals surface area contributed by atoms with E-state index in [4.69, 9.17) is 9.26 Å². The van der Waals surface area contributed by atoms with E-state index in [0.29, 0.717) is 12.4 Å². The molecule has 1 heterocycles. The fourth-order valence-corrected chi connectivity index (χ4v) is 2.92. The highest BCUT2D eigenvalue weighted by Crippen LogP contribution is 2.16. The van der Waals surface area contributed by atoms with Crippen molar-refractivity contribution in [3.8, 4) is 5.88 Å². The number of hydrogen-bond acceptors (Lipinski definition) is 6. The lowest BCUT2D eigenvalue weighted by molar-refractivity contribution is 0.0916. The summed E-state index contributed by atoms with van der Waals surface area (Å²) < 4.78 is 9.76. The van der Waals surface area contributed by atoms with Gasteiger partial charge in [-0.15, -0.1) is 24.8 Å². The van der Waals surface area contributed by atoms with Crippen LogP contribution in [0, 0.1) is 0 Å². The van der Waals surface area contributed by atoms with Gasteiger partial charge in [0.25, 0.3) is 11.8 Å². The summed E-state index contributed by atoms with van der Waals surface area (Å²) in [5.74, 6) is 0.236. The third kappa shape index (κ3) is 9.62. The summed E-state index contributed by atoms with van der Waals surface area (Å²) in [4.78, 5) is 11.8. The smallest absolute Gasteiger partial charge is 0.290 e. The van der Waals surface area contributed by atoms with Crippen molar-refractivity contribution in [1.82, 2.24) is 21.1 Å². The number of carbonyl (C=O) groups excluding carboxylic acids is 1. The van der Waals surface area contributed by atoms with E-state index in [2.05, 4.69) is 21.1 Å². The number of halogens is 2. The predicted octanol–water partition coefficient (Wildman–Crippen LogP) is 2.55. The first kappa shape index (κ1) is 25.0. The molecule has 1 fully saturated rings. The highest BCUT2D eigenvalue weighted by molar-refractivity contribution is 5.91. The number of aromatic nitrogens is 1. The minimum atomic E-state index is -0.254. The molecular weight excluding hydrogens is 379 g/mol. The predicted molar refractivity (Wildman–Crippen MR) is 107 cm³/mol. The molecule has 3 N–H and O–H groups in total. The minimum absolute atomic E-state index is 0. The van der Waals surface area contributed by atoms with Crippen LogP contribution in [-0.2, 0) is 0 Å². The van der Waals surface area contributed by atoms with E-state index in [-0.39, 0.29) is 36.5 Å². The van der Waals surface area contributed by atoms with E-state index in [1.54, 1.807) is 0 Å². The van der Waals surface area contributed by atoms with Gasteiger partial charge in [0.05, 0.1) is 13.2 Å². The van der Waals surface area contributed by atoms with Crippen LogP contribution in [0.15, 0.2) is 10.6 Å². The van der Waals surface area contributed by atoms with Gasteiger partial charge in [-0.2, -0.15) is 0 Å². The number of rotatable bonds is 11. The van der Waals surface area contributed by atoms with Crippen molar-refractivity contribution in [3.05, 3.63) is 11.8 Å². The Morgan fingerprint density at radius 1 is 1.15 bits per heavy atom. The minimum Gasteiger partial charge on any atom is -0.479 e. The fraction of sp³-hybridized carbons (Fsp3) is 0.765. The molecule has 0 atom stereocenters. The first-order chi connectivity index (χ1) is 11.8. The average molecular weight is 411 g/mol. The summed E-state index contributed by atoms with van der Waals surface area (Å²) >= 11 is 0. The van der Waals surface area contributed by atoms with Crippen molar-refractivity contribution in [1.29, 1.82) is 0 Å². The summed E-state index contributed by atoms with van der Waals surface area (Å²) in [6.07, 6.45) is 8.77. The van der Waals surface area contributed by atoms with Crippen LogP contribution in [0.5, 0.6) is 5.88 Å². The maximum absolute atomic E-state index is 11.8. The van der Waals surface area contributed by atoms with E-state index in [0.717, 1.165) is 38.5 Å². The molecule has 152 valence electrons. The fourth-order valence-electron chi connectivity index (χ4n) is 2.92. The molecule has 0 saturated heterocycles. The van der Waals surface area contributed by atoms with E-state index in [1.807, 2.05) is 0 Å². The van der Waals surface area contributed by atoms with Gasteiger partial charge in [0.1, 0.15) is 0 Å². The second kappa shape index (κ2) is 15.1. The first-order valence-corrected chi connectivity index (χ1v) is 9.02. The number of ether oxygens (including phenoxy) is 1. The quantitative estimate of drug-likeness (QED) is 0.485. The van der Waals surface area contributed by atoms with Gasteiger partial charge in [-0.1, -0.05) is 19.3 Å². The molecule has 26 heavy (non-hydrogen) atoms. The number of amides is 1. The highest BCUT2D eigenvalue weighted by Gasteiger charge is 2.12. The number of methoxy groups -OCH3 is 1. The van der Waals surface area contributed by atoms with Crippen LogP contribution < -0.4 is 20.7 Å². The lowest BCUT2D eigenvalue weighted by Crippen LogP contribution is -2.36. The Morgan fingerprint density at radius 2 is 1.88 bits per heavy atom. The van der Waals surface area contributed by atoms with Crippen LogP contribution in [0.4, 0.5) is 0 Å². The first-order valence-electron chi connectivity index (χ1n) is 9.02. The maximum atomic E-state index is 11.8. The lowest BCUT2D eigenvalue weighted by Gasteiger charge is -2.22. The molecule has 2 rings (SSSR count). The molecule has 0 unspecified atom stereocenters. The Bertz CT molecular complexity index is 482. The topological polar surface area (TPSA) is 88.4 Å². The Morgan fingerprint density at radius 3 is 2.58 bits per heavy atom. The zero-order valence-corrected chi connectivity index (χ0v) is 17.1. The molecule has 0 radical (unpaired) electrons. The Labute approximate surface area is 168 Å². The largest absolute Gasteiger partial charge is 0.479 e. The second-order valence-electron chi connectivity index (χ2n) is 6.24. The summed E-state index contributed by atoms with van der Waals surface area (Å²) in [5, 5.41) is 13.5. The van der Waals surface area contributed by atoms with Crippen molar-refractivity contribution >= 4 is 30.7 Å². The molecule has 0 aliphatic heterocycles. The van der Waals surface area contributed by atoms with Crippen LogP contribution in [0.1, 0.15) is 55.5 Å².